The molecule has 0 bridgehead atoms. The van der Waals surface area contributed by atoms with Gasteiger partial charge in [-0.15, -0.1) is 0 Å². The van der Waals surface area contributed by atoms with Gasteiger partial charge in [-0.05, 0) is 38.0 Å². The van der Waals surface area contributed by atoms with Crippen LogP contribution in [0.4, 0.5) is 0 Å². The lowest BCUT2D eigenvalue weighted by atomic mass is 10.1. The molecular formula is C14H18O3. The van der Waals surface area contributed by atoms with Crippen LogP contribution in [0.15, 0.2) is 35.9 Å². The maximum Gasteiger partial charge on any atom is 0.330 e. The Labute approximate surface area is 102 Å². The van der Waals surface area contributed by atoms with Crippen molar-refractivity contribution in [3.8, 4) is 5.75 Å². The Hall–Kier alpha value is -1.77. The van der Waals surface area contributed by atoms with Crippen LogP contribution in [-0.4, -0.2) is 19.7 Å². The summed E-state index contributed by atoms with van der Waals surface area (Å²) in [5.41, 5.74) is 2.08. The third kappa shape index (κ3) is 4.72. The largest absolute Gasteiger partial charge is 0.497 e. The van der Waals surface area contributed by atoms with E-state index in [1.165, 1.54) is 6.08 Å². The molecule has 0 heterocycles. The summed E-state index contributed by atoms with van der Waals surface area (Å²) >= 11 is 0. The summed E-state index contributed by atoms with van der Waals surface area (Å²) in [6.45, 7) is 4.11. The van der Waals surface area contributed by atoms with Crippen LogP contribution < -0.4 is 4.74 Å². The van der Waals surface area contributed by atoms with Gasteiger partial charge < -0.3 is 9.47 Å². The number of hydrogen-bond donors (Lipinski definition) is 0. The molecule has 0 spiro atoms. The van der Waals surface area contributed by atoms with Gasteiger partial charge in [0.1, 0.15) is 5.75 Å². The van der Waals surface area contributed by atoms with Gasteiger partial charge in [0.15, 0.2) is 0 Å². The standard InChI is InChI=1S/C14H18O3/c1-4-17-14(15)9-11(2)8-12-6-5-7-13(10-12)16-3/h5-7,9-10H,4,8H2,1-3H3/b11-9+. The monoisotopic (exact) mass is 234 g/mol. The van der Waals surface area contributed by atoms with E-state index in [9.17, 15) is 4.79 Å². The van der Waals surface area contributed by atoms with Gasteiger partial charge in [-0.3, -0.25) is 0 Å². The topological polar surface area (TPSA) is 35.5 Å². The van der Waals surface area contributed by atoms with Gasteiger partial charge in [-0.1, -0.05) is 17.7 Å². The molecule has 1 rings (SSSR count). The van der Waals surface area contributed by atoms with E-state index in [0.717, 1.165) is 23.3 Å². The Morgan fingerprint density at radius 2 is 2.18 bits per heavy atom. The predicted molar refractivity (Wildman–Crippen MR) is 67.1 cm³/mol. The normalized spacial score (nSPS) is 11.1. The van der Waals surface area contributed by atoms with Gasteiger partial charge in [-0.2, -0.15) is 0 Å². The highest BCUT2D eigenvalue weighted by Crippen LogP contribution is 2.15. The molecule has 0 aliphatic heterocycles. The van der Waals surface area contributed by atoms with Crippen molar-refractivity contribution in [1.82, 2.24) is 0 Å². The van der Waals surface area contributed by atoms with Crippen molar-refractivity contribution in [2.75, 3.05) is 13.7 Å². The summed E-state index contributed by atoms with van der Waals surface area (Å²) in [5, 5.41) is 0. The molecule has 92 valence electrons. The molecule has 0 aliphatic carbocycles. The number of esters is 1. The molecule has 0 atom stereocenters. The highest BCUT2D eigenvalue weighted by atomic mass is 16.5. The minimum Gasteiger partial charge on any atom is -0.497 e. The minimum atomic E-state index is -0.284. The van der Waals surface area contributed by atoms with Gasteiger partial charge in [0.2, 0.25) is 0 Å². The maximum atomic E-state index is 11.2. The first kappa shape index (κ1) is 13.3. The lowest BCUT2D eigenvalue weighted by molar-refractivity contribution is -0.137. The first-order valence-electron chi connectivity index (χ1n) is 5.62. The van der Waals surface area contributed by atoms with Crippen LogP contribution in [0.2, 0.25) is 0 Å². The van der Waals surface area contributed by atoms with Crippen molar-refractivity contribution in [1.29, 1.82) is 0 Å². The van der Waals surface area contributed by atoms with E-state index in [0.29, 0.717) is 6.61 Å². The van der Waals surface area contributed by atoms with Gasteiger partial charge in [0.25, 0.3) is 0 Å². The van der Waals surface area contributed by atoms with E-state index < -0.39 is 0 Å². The number of ether oxygens (including phenoxy) is 2. The number of methoxy groups -OCH3 is 1. The summed E-state index contributed by atoms with van der Waals surface area (Å²) in [4.78, 5) is 11.2. The first-order valence-corrected chi connectivity index (χ1v) is 5.62. The van der Waals surface area contributed by atoms with E-state index in [-0.39, 0.29) is 5.97 Å². The van der Waals surface area contributed by atoms with Gasteiger partial charge in [-0.25, -0.2) is 4.79 Å². The number of carbonyl (C=O) groups excluding carboxylic acids is 1. The number of rotatable bonds is 5. The zero-order valence-electron chi connectivity index (χ0n) is 10.5. The van der Waals surface area contributed by atoms with Crippen molar-refractivity contribution in [3.05, 3.63) is 41.5 Å². The molecule has 0 saturated heterocycles. The third-order valence-corrected chi connectivity index (χ3v) is 2.27. The zero-order chi connectivity index (χ0) is 12.7. The molecule has 0 aromatic heterocycles. The van der Waals surface area contributed by atoms with Crippen molar-refractivity contribution in [3.63, 3.8) is 0 Å². The number of allylic oxidation sites excluding steroid dienone is 1. The van der Waals surface area contributed by atoms with E-state index in [4.69, 9.17) is 9.47 Å². The SMILES string of the molecule is CCOC(=O)/C=C(\C)Cc1cccc(OC)c1. The average Bonchev–Trinajstić information content (AvgIpc) is 2.29. The second-order valence-electron chi connectivity index (χ2n) is 3.77. The summed E-state index contributed by atoms with van der Waals surface area (Å²) in [6.07, 6.45) is 2.25. The number of hydrogen-bond acceptors (Lipinski definition) is 3. The number of carbonyl (C=O) groups is 1. The second kappa shape index (κ2) is 6.74. The Kier molecular flexibility index (Phi) is 5.27. The molecule has 0 saturated carbocycles. The lowest BCUT2D eigenvalue weighted by Gasteiger charge is -2.05. The molecule has 0 aliphatic rings. The van der Waals surface area contributed by atoms with Crippen LogP contribution in [0.3, 0.4) is 0 Å². The fourth-order valence-electron chi connectivity index (χ4n) is 1.54. The maximum absolute atomic E-state index is 11.2. The highest BCUT2D eigenvalue weighted by Gasteiger charge is 2.01. The van der Waals surface area contributed by atoms with Crippen molar-refractivity contribution >= 4 is 5.97 Å². The van der Waals surface area contributed by atoms with Crippen LogP contribution in [0.5, 0.6) is 5.75 Å². The Balaban J connectivity index is 2.66. The molecule has 1 aromatic rings. The van der Waals surface area contributed by atoms with Crippen molar-refractivity contribution < 1.29 is 14.3 Å². The quantitative estimate of drug-likeness (QED) is 0.580. The summed E-state index contributed by atoms with van der Waals surface area (Å²) in [7, 11) is 1.64. The van der Waals surface area contributed by atoms with Crippen LogP contribution in [0, 0.1) is 0 Å². The van der Waals surface area contributed by atoms with Crippen molar-refractivity contribution in [2.45, 2.75) is 20.3 Å². The summed E-state index contributed by atoms with van der Waals surface area (Å²) in [6, 6.07) is 7.80. The van der Waals surface area contributed by atoms with Gasteiger partial charge >= 0.3 is 5.97 Å². The first-order chi connectivity index (χ1) is 8.15. The van der Waals surface area contributed by atoms with Gasteiger partial charge in [0.05, 0.1) is 13.7 Å². The Morgan fingerprint density at radius 1 is 1.41 bits per heavy atom. The van der Waals surface area contributed by atoms with Crippen LogP contribution in [0.25, 0.3) is 0 Å². The van der Waals surface area contributed by atoms with Gasteiger partial charge in [0, 0.05) is 6.08 Å². The third-order valence-electron chi connectivity index (χ3n) is 2.27. The van der Waals surface area contributed by atoms with E-state index >= 15 is 0 Å². The molecule has 1 aromatic carbocycles. The van der Waals surface area contributed by atoms with Crippen LogP contribution in [-0.2, 0) is 16.0 Å². The summed E-state index contributed by atoms with van der Waals surface area (Å²) < 4.78 is 10.0. The Bertz CT molecular complexity index is 408. The average molecular weight is 234 g/mol. The van der Waals surface area contributed by atoms with Crippen LogP contribution >= 0.6 is 0 Å². The lowest BCUT2D eigenvalue weighted by Crippen LogP contribution is -2.01. The fraction of sp³-hybridized carbons (Fsp3) is 0.357. The fourth-order valence-corrected chi connectivity index (χ4v) is 1.54. The second-order valence-corrected chi connectivity index (χ2v) is 3.77. The highest BCUT2D eigenvalue weighted by molar-refractivity contribution is 5.82. The smallest absolute Gasteiger partial charge is 0.330 e. The zero-order valence-corrected chi connectivity index (χ0v) is 10.5. The Morgan fingerprint density at radius 3 is 2.82 bits per heavy atom. The molecule has 17 heavy (non-hydrogen) atoms. The molecule has 0 N–H and O–H groups in total. The molecule has 3 heteroatoms. The van der Waals surface area contributed by atoms with E-state index in [1.807, 2.05) is 31.2 Å². The molecule has 3 nitrogen and oxygen atoms in total. The molecule has 0 fully saturated rings. The molecule has 0 radical (unpaired) electrons. The van der Waals surface area contributed by atoms with E-state index in [1.54, 1.807) is 14.0 Å². The van der Waals surface area contributed by atoms with Crippen LogP contribution in [0.1, 0.15) is 19.4 Å². The number of benzene rings is 1. The van der Waals surface area contributed by atoms with E-state index in [2.05, 4.69) is 0 Å². The van der Waals surface area contributed by atoms with Crippen molar-refractivity contribution in [2.24, 2.45) is 0 Å². The summed E-state index contributed by atoms with van der Waals surface area (Å²) in [5.74, 6) is 0.541. The molecule has 0 amide bonds. The minimum absolute atomic E-state index is 0.284. The molecular weight excluding hydrogens is 216 g/mol. The predicted octanol–water partition coefficient (Wildman–Crippen LogP) is 2.75. The molecule has 0 unspecified atom stereocenters.